The molecular weight excluding hydrogens is 238 g/mol. The minimum atomic E-state index is -0.812. The van der Waals surface area contributed by atoms with Gasteiger partial charge in [-0.25, -0.2) is 0 Å². The van der Waals surface area contributed by atoms with E-state index in [9.17, 15) is 5.11 Å². The van der Waals surface area contributed by atoms with E-state index in [1.54, 1.807) is 20.1 Å². The molecule has 0 bridgehead atoms. The molecule has 0 aliphatic carbocycles. The SMILES string of the molecule is CCNCC(C)(O)Cc1cc(Cl)ccc1OC. The van der Waals surface area contributed by atoms with Crippen LogP contribution in [0, 0.1) is 0 Å². The molecule has 1 aromatic carbocycles. The Balaban J connectivity index is 2.82. The van der Waals surface area contributed by atoms with Crippen LogP contribution >= 0.6 is 11.6 Å². The van der Waals surface area contributed by atoms with Gasteiger partial charge in [-0.15, -0.1) is 0 Å². The molecule has 4 heteroatoms. The molecular formula is C13H20ClNO2. The minimum Gasteiger partial charge on any atom is -0.496 e. The van der Waals surface area contributed by atoms with E-state index < -0.39 is 5.60 Å². The first-order valence-corrected chi connectivity index (χ1v) is 6.12. The van der Waals surface area contributed by atoms with Crippen molar-refractivity contribution < 1.29 is 9.84 Å². The van der Waals surface area contributed by atoms with E-state index in [1.165, 1.54) is 0 Å². The van der Waals surface area contributed by atoms with Crippen molar-refractivity contribution in [3.8, 4) is 5.75 Å². The van der Waals surface area contributed by atoms with Crippen LogP contribution < -0.4 is 10.1 Å². The predicted octanol–water partition coefficient (Wildman–Crippen LogP) is 2.25. The minimum absolute atomic E-state index is 0.504. The van der Waals surface area contributed by atoms with Crippen molar-refractivity contribution >= 4 is 11.6 Å². The molecule has 0 aliphatic rings. The number of likely N-dealkylation sites (N-methyl/N-ethyl adjacent to an activating group) is 1. The first kappa shape index (κ1) is 14.3. The van der Waals surface area contributed by atoms with Gasteiger partial charge in [0.05, 0.1) is 12.7 Å². The van der Waals surface area contributed by atoms with Crippen molar-refractivity contribution in [3.63, 3.8) is 0 Å². The van der Waals surface area contributed by atoms with Gasteiger partial charge in [0, 0.05) is 18.0 Å². The Morgan fingerprint density at radius 1 is 1.47 bits per heavy atom. The fourth-order valence-corrected chi connectivity index (χ4v) is 1.95. The maximum absolute atomic E-state index is 10.2. The van der Waals surface area contributed by atoms with Crippen molar-refractivity contribution in [1.82, 2.24) is 5.32 Å². The van der Waals surface area contributed by atoms with Gasteiger partial charge in [0.15, 0.2) is 0 Å². The van der Waals surface area contributed by atoms with Gasteiger partial charge >= 0.3 is 0 Å². The van der Waals surface area contributed by atoms with Crippen LogP contribution in [0.4, 0.5) is 0 Å². The van der Waals surface area contributed by atoms with Crippen LogP contribution in [-0.4, -0.2) is 30.9 Å². The second kappa shape index (κ2) is 6.24. The third-order valence-corrected chi connectivity index (χ3v) is 2.80. The molecule has 1 aromatic rings. The van der Waals surface area contributed by atoms with Crippen LogP contribution in [0.3, 0.4) is 0 Å². The zero-order valence-corrected chi connectivity index (χ0v) is 11.3. The van der Waals surface area contributed by atoms with Crippen molar-refractivity contribution in [1.29, 1.82) is 0 Å². The second-order valence-corrected chi connectivity index (χ2v) is 4.85. The first-order valence-electron chi connectivity index (χ1n) is 5.74. The van der Waals surface area contributed by atoms with E-state index in [2.05, 4.69) is 5.32 Å². The zero-order chi connectivity index (χ0) is 12.9. The Labute approximate surface area is 108 Å². The lowest BCUT2D eigenvalue weighted by molar-refractivity contribution is 0.0601. The van der Waals surface area contributed by atoms with Crippen LogP contribution in [0.5, 0.6) is 5.75 Å². The van der Waals surface area contributed by atoms with Gasteiger partial charge in [0.1, 0.15) is 5.75 Å². The average molecular weight is 258 g/mol. The number of nitrogens with one attached hydrogen (secondary N) is 1. The van der Waals surface area contributed by atoms with Gasteiger partial charge in [0.2, 0.25) is 0 Å². The fourth-order valence-electron chi connectivity index (χ4n) is 1.75. The highest BCUT2D eigenvalue weighted by molar-refractivity contribution is 6.30. The summed E-state index contributed by atoms with van der Waals surface area (Å²) in [6, 6.07) is 5.44. The maximum atomic E-state index is 10.2. The Kier molecular flexibility index (Phi) is 5.25. The van der Waals surface area contributed by atoms with E-state index in [-0.39, 0.29) is 0 Å². The highest BCUT2D eigenvalue weighted by atomic mass is 35.5. The Morgan fingerprint density at radius 2 is 2.18 bits per heavy atom. The molecule has 0 amide bonds. The first-order chi connectivity index (χ1) is 7.98. The highest BCUT2D eigenvalue weighted by Crippen LogP contribution is 2.26. The Morgan fingerprint density at radius 3 is 2.76 bits per heavy atom. The number of hydrogen-bond acceptors (Lipinski definition) is 3. The lowest BCUT2D eigenvalue weighted by atomic mass is 9.96. The average Bonchev–Trinajstić information content (AvgIpc) is 2.26. The summed E-state index contributed by atoms with van der Waals surface area (Å²) in [5.41, 5.74) is 0.108. The maximum Gasteiger partial charge on any atom is 0.122 e. The summed E-state index contributed by atoms with van der Waals surface area (Å²) in [5.74, 6) is 0.756. The van der Waals surface area contributed by atoms with Crippen molar-refractivity contribution in [2.45, 2.75) is 25.9 Å². The molecule has 0 saturated heterocycles. The molecule has 3 nitrogen and oxygen atoms in total. The normalized spacial score (nSPS) is 14.4. The lowest BCUT2D eigenvalue weighted by Gasteiger charge is -2.24. The second-order valence-electron chi connectivity index (χ2n) is 4.41. The quantitative estimate of drug-likeness (QED) is 0.821. The van der Waals surface area contributed by atoms with Crippen LogP contribution in [0.1, 0.15) is 19.4 Å². The Hall–Kier alpha value is -0.770. The van der Waals surface area contributed by atoms with Gasteiger partial charge in [-0.1, -0.05) is 18.5 Å². The van der Waals surface area contributed by atoms with Gasteiger partial charge in [-0.05, 0) is 37.2 Å². The summed E-state index contributed by atoms with van der Waals surface area (Å²) in [4.78, 5) is 0. The number of methoxy groups -OCH3 is 1. The van der Waals surface area contributed by atoms with E-state index in [0.29, 0.717) is 18.0 Å². The monoisotopic (exact) mass is 257 g/mol. The molecule has 0 aliphatic heterocycles. The molecule has 1 rings (SSSR count). The smallest absolute Gasteiger partial charge is 0.122 e. The lowest BCUT2D eigenvalue weighted by Crippen LogP contribution is -2.39. The number of ether oxygens (including phenoxy) is 1. The van der Waals surface area contributed by atoms with E-state index in [1.807, 2.05) is 19.1 Å². The van der Waals surface area contributed by atoms with Crippen LogP contribution in [0.2, 0.25) is 5.02 Å². The molecule has 0 heterocycles. The molecule has 0 fully saturated rings. The molecule has 17 heavy (non-hydrogen) atoms. The standard InChI is InChI=1S/C13H20ClNO2/c1-4-15-9-13(2,16)8-10-7-11(14)5-6-12(10)17-3/h5-7,15-16H,4,8-9H2,1-3H3. The molecule has 0 aromatic heterocycles. The van der Waals surface area contributed by atoms with Crippen molar-refractivity contribution in [2.24, 2.45) is 0 Å². The van der Waals surface area contributed by atoms with E-state index in [0.717, 1.165) is 17.9 Å². The summed E-state index contributed by atoms with van der Waals surface area (Å²) in [5, 5.41) is 14.0. The molecule has 0 radical (unpaired) electrons. The fraction of sp³-hybridized carbons (Fsp3) is 0.538. The zero-order valence-electron chi connectivity index (χ0n) is 10.6. The number of hydrogen-bond donors (Lipinski definition) is 2. The summed E-state index contributed by atoms with van der Waals surface area (Å²) in [7, 11) is 1.62. The van der Waals surface area contributed by atoms with Gasteiger partial charge in [0.25, 0.3) is 0 Å². The molecule has 1 atom stereocenters. The number of rotatable bonds is 6. The van der Waals surface area contributed by atoms with Crippen molar-refractivity contribution in [3.05, 3.63) is 28.8 Å². The molecule has 0 saturated carbocycles. The van der Waals surface area contributed by atoms with E-state index in [4.69, 9.17) is 16.3 Å². The molecule has 0 spiro atoms. The highest BCUT2D eigenvalue weighted by Gasteiger charge is 2.22. The van der Waals surface area contributed by atoms with Gasteiger partial charge in [-0.3, -0.25) is 0 Å². The molecule has 2 N–H and O–H groups in total. The summed E-state index contributed by atoms with van der Waals surface area (Å²) < 4.78 is 5.26. The number of aliphatic hydroxyl groups is 1. The summed E-state index contributed by atoms with van der Waals surface area (Å²) >= 11 is 5.95. The number of halogens is 1. The summed E-state index contributed by atoms with van der Waals surface area (Å²) in [6.07, 6.45) is 0.504. The Bertz CT molecular complexity index is 366. The largest absolute Gasteiger partial charge is 0.496 e. The van der Waals surface area contributed by atoms with Gasteiger partial charge < -0.3 is 15.2 Å². The molecule has 96 valence electrons. The van der Waals surface area contributed by atoms with E-state index >= 15 is 0 Å². The van der Waals surface area contributed by atoms with Crippen LogP contribution in [0.25, 0.3) is 0 Å². The third kappa shape index (κ3) is 4.54. The topological polar surface area (TPSA) is 41.5 Å². The third-order valence-electron chi connectivity index (χ3n) is 2.57. The molecule has 1 unspecified atom stereocenters. The van der Waals surface area contributed by atoms with Crippen LogP contribution in [-0.2, 0) is 6.42 Å². The predicted molar refractivity (Wildman–Crippen MR) is 70.9 cm³/mol. The van der Waals surface area contributed by atoms with Crippen LogP contribution in [0.15, 0.2) is 18.2 Å². The summed E-state index contributed by atoms with van der Waals surface area (Å²) in [6.45, 7) is 5.19. The van der Waals surface area contributed by atoms with Gasteiger partial charge in [-0.2, -0.15) is 0 Å². The van der Waals surface area contributed by atoms with Crippen molar-refractivity contribution in [2.75, 3.05) is 20.2 Å². The number of benzene rings is 1.